The fourth-order valence-corrected chi connectivity index (χ4v) is 3.26. The van der Waals surface area contributed by atoms with Gasteiger partial charge in [0, 0.05) is 6.54 Å². The van der Waals surface area contributed by atoms with Crippen molar-refractivity contribution < 1.29 is 5.21 Å². The Balaban J connectivity index is 0.00000352. The normalized spacial score (nSPS) is 12.6. The van der Waals surface area contributed by atoms with Gasteiger partial charge in [0.15, 0.2) is 5.84 Å². The molecule has 0 heterocycles. The van der Waals surface area contributed by atoms with Gasteiger partial charge in [0.2, 0.25) is 0 Å². The van der Waals surface area contributed by atoms with Gasteiger partial charge in [-0.2, -0.15) is 0 Å². The summed E-state index contributed by atoms with van der Waals surface area (Å²) in [5.74, 6) is 0.512. The molecule has 0 aliphatic carbocycles. The highest BCUT2D eigenvalue weighted by molar-refractivity contribution is 5.85. The monoisotopic (exact) mass is 391 g/mol. The highest BCUT2D eigenvalue weighted by Crippen LogP contribution is 2.13. The van der Waals surface area contributed by atoms with Crippen LogP contribution < -0.4 is 11.1 Å². The predicted molar refractivity (Wildman–Crippen MR) is 123 cm³/mol. The molecule has 4 heteroatoms. The average Bonchev–Trinajstić information content (AvgIpc) is 2.72. The number of nitrogens with one attached hydrogen (secondary N) is 1. The van der Waals surface area contributed by atoms with Crippen LogP contribution in [0.15, 0.2) is 29.4 Å². The van der Waals surface area contributed by atoms with Crippen LogP contribution in [-0.2, 0) is 13.0 Å². The molecular formula is C24H45N3O. The third-order valence-corrected chi connectivity index (χ3v) is 4.97. The van der Waals surface area contributed by atoms with E-state index >= 15 is 0 Å². The van der Waals surface area contributed by atoms with E-state index in [4.69, 9.17) is 10.9 Å². The molecule has 4 nitrogen and oxygen atoms in total. The summed E-state index contributed by atoms with van der Waals surface area (Å²) in [6.07, 6.45) is 12.1. The van der Waals surface area contributed by atoms with Crippen molar-refractivity contribution in [3.63, 3.8) is 0 Å². The molecule has 0 aromatic heterocycles. The molecule has 0 amide bonds. The van der Waals surface area contributed by atoms with Crippen molar-refractivity contribution in [3.8, 4) is 0 Å². The number of oxime groups is 1. The molecule has 0 saturated heterocycles. The molecule has 1 aromatic rings. The van der Waals surface area contributed by atoms with Crippen LogP contribution in [0.25, 0.3) is 0 Å². The molecular weight excluding hydrogens is 346 g/mol. The van der Waals surface area contributed by atoms with Gasteiger partial charge in [-0.25, -0.2) is 0 Å². The summed E-state index contributed by atoms with van der Waals surface area (Å²) in [7, 11) is 0. The molecule has 4 N–H and O–H groups in total. The zero-order chi connectivity index (χ0) is 21.2. The summed E-state index contributed by atoms with van der Waals surface area (Å²) < 4.78 is 0. The Labute approximate surface area is 174 Å². The van der Waals surface area contributed by atoms with Gasteiger partial charge in [-0.3, -0.25) is 0 Å². The zero-order valence-corrected chi connectivity index (χ0v) is 19.0. The molecule has 0 saturated carbocycles. The number of hydrogen-bond acceptors (Lipinski definition) is 3. The third-order valence-electron chi connectivity index (χ3n) is 4.97. The maximum atomic E-state index is 8.89. The lowest BCUT2D eigenvalue weighted by atomic mass is 10.0. The van der Waals surface area contributed by atoms with E-state index in [9.17, 15) is 0 Å². The van der Waals surface area contributed by atoms with E-state index in [1.54, 1.807) is 0 Å². The number of unbranched alkanes of at least 4 members (excludes halogenated alkanes) is 7. The van der Waals surface area contributed by atoms with Gasteiger partial charge >= 0.3 is 0 Å². The molecule has 1 atom stereocenters. The van der Waals surface area contributed by atoms with Crippen molar-refractivity contribution in [1.82, 2.24) is 5.32 Å². The van der Waals surface area contributed by atoms with Crippen molar-refractivity contribution in [2.45, 2.75) is 105 Å². The maximum Gasteiger partial charge on any atom is 0.156 e. The van der Waals surface area contributed by atoms with Crippen molar-refractivity contribution in [2.75, 3.05) is 0 Å². The van der Waals surface area contributed by atoms with Crippen LogP contribution in [0.5, 0.6) is 0 Å². The van der Waals surface area contributed by atoms with Gasteiger partial charge in [0.1, 0.15) is 0 Å². The smallest absolute Gasteiger partial charge is 0.156 e. The van der Waals surface area contributed by atoms with Crippen LogP contribution in [0.1, 0.15) is 97.1 Å². The predicted octanol–water partition coefficient (Wildman–Crippen LogP) is 6.26. The number of hydrogen-bond donors (Lipinski definition) is 3. The van der Waals surface area contributed by atoms with E-state index < -0.39 is 0 Å². The fraction of sp³-hybridized carbons (Fsp3) is 0.708. The quantitative estimate of drug-likeness (QED) is 0.115. The minimum atomic E-state index is -0.114. The van der Waals surface area contributed by atoms with E-state index in [2.05, 4.69) is 55.5 Å². The highest BCUT2D eigenvalue weighted by Gasteiger charge is 2.17. The first-order valence-corrected chi connectivity index (χ1v) is 11.4. The Morgan fingerprint density at radius 3 is 1.93 bits per heavy atom. The Bertz CT molecular complexity index is 497. The molecule has 0 spiro atoms. The van der Waals surface area contributed by atoms with E-state index in [0.717, 1.165) is 6.54 Å². The Morgan fingerprint density at radius 2 is 1.43 bits per heavy atom. The zero-order valence-electron chi connectivity index (χ0n) is 19.0. The van der Waals surface area contributed by atoms with Gasteiger partial charge in [-0.1, -0.05) is 109 Å². The van der Waals surface area contributed by atoms with Crippen LogP contribution in [0, 0.1) is 5.92 Å². The number of nitrogens with two attached hydrogens (primary N) is 1. The lowest BCUT2D eigenvalue weighted by Crippen LogP contribution is -2.44. The molecule has 0 aliphatic heterocycles. The second kappa shape index (κ2) is 17.5. The summed E-state index contributed by atoms with van der Waals surface area (Å²) in [5, 5.41) is 15.4. The summed E-state index contributed by atoms with van der Waals surface area (Å²) in [6, 6.07) is 8.70. The van der Waals surface area contributed by atoms with E-state index in [0.29, 0.717) is 0 Å². The van der Waals surface area contributed by atoms with Crippen LogP contribution in [0.2, 0.25) is 0 Å². The summed E-state index contributed by atoms with van der Waals surface area (Å²) >= 11 is 0. The van der Waals surface area contributed by atoms with Crippen molar-refractivity contribution >= 4 is 5.84 Å². The van der Waals surface area contributed by atoms with Crippen LogP contribution in [0.3, 0.4) is 0 Å². The molecule has 0 bridgehead atoms. The van der Waals surface area contributed by atoms with Crippen LogP contribution in [0.4, 0.5) is 0 Å². The first kappa shape index (κ1) is 26.4. The Morgan fingerprint density at radius 1 is 0.929 bits per heavy atom. The molecule has 0 radical (unpaired) electrons. The Kier molecular flexibility index (Phi) is 16.6. The van der Waals surface area contributed by atoms with Crippen LogP contribution in [-0.4, -0.2) is 17.1 Å². The average molecular weight is 392 g/mol. The standard InChI is InChI=1S/C22H39N3O.C2H6/c1-4-5-6-7-8-9-10-11-12-19-13-15-20(16-14-19)17-24-21(18(2)3)22(23)25-26;1-2/h13-16,18,21,24,26H,4-12,17H2,1-3H3,(H2,23,25);1-2H3. The SMILES string of the molecule is CC.CCCCCCCCCCc1ccc(CNC(/C(N)=N\O)C(C)C)cc1. The van der Waals surface area contributed by atoms with E-state index in [1.807, 2.05) is 13.8 Å². The van der Waals surface area contributed by atoms with E-state index in [1.165, 1.54) is 68.9 Å². The van der Waals surface area contributed by atoms with Gasteiger partial charge in [-0.05, 0) is 29.9 Å². The number of rotatable bonds is 14. The second-order valence-corrected chi connectivity index (χ2v) is 7.67. The lowest BCUT2D eigenvalue weighted by Gasteiger charge is -2.21. The molecule has 162 valence electrons. The molecule has 1 rings (SSSR count). The fourth-order valence-electron chi connectivity index (χ4n) is 3.26. The minimum absolute atomic E-state index is 0.114. The van der Waals surface area contributed by atoms with Gasteiger partial charge in [0.25, 0.3) is 0 Å². The van der Waals surface area contributed by atoms with Crippen molar-refractivity contribution in [3.05, 3.63) is 35.4 Å². The summed E-state index contributed by atoms with van der Waals surface area (Å²) in [4.78, 5) is 0. The van der Waals surface area contributed by atoms with Crippen molar-refractivity contribution in [2.24, 2.45) is 16.8 Å². The molecule has 1 aromatic carbocycles. The summed E-state index contributed by atoms with van der Waals surface area (Å²) in [6.45, 7) is 11.1. The van der Waals surface area contributed by atoms with Gasteiger partial charge in [-0.15, -0.1) is 0 Å². The first-order chi connectivity index (χ1) is 13.6. The lowest BCUT2D eigenvalue weighted by molar-refractivity contribution is 0.311. The third kappa shape index (κ3) is 12.0. The largest absolute Gasteiger partial charge is 0.409 e. The van der Waals surface area contributed by atoms with Crippen molar-refractivity contribution in [1.29, 1.82) is 0 Å². The summed E-state index contributed by atoms with van der Waals surface area (Å²) in [5.41, 5.74) is 8.39. The topological polar surface area (TPSA) is 70.6 Å². The number of amidine groups is 1. The molecule has 1 unspecified atom stereocenters. The first-order valence-electron chi connectivity index (χ1n) is 11.4. The second-order valence-electron chi connectivity index (χ2n) is 7.67. The molecule has 0 fully saturated rings. The Hall–Kier alpha value is -1.55. The maximum absolute atomic E-state index is 8.89. The number of benzene rings is 1. The van der Waals surface area contributed by atoms with E-state index in [-0.39, 0.29) is 17.8 Å². The highest BCUT2D eigenvalue weighted by atomic mass is 16.4. The van der Waals surface area contributed by atoms with Gasteiger partial charge in [0.05, 0.1) is 6.04 Å². The number of nitrogens with zero attached hydrogens (tertiary/aromatic N) is 1. The molecule has 0 aliphatic rings. The van der Waals surface area contributed by atoms with Gasteiger partial charge < -0.3 is 16.3 Å². The van der Waals surface area contributed by atoms with Crippen LogP contribution >= 0.6 is 0 Å². The number of aryl methyl sites for hydroxylation is 1. The molecule has 28 heavy (non-hydrogen) atoms. The minimum Gasteiger partial charge on any atom is -0.409 e.